The molecule has 7 nitrogen and oxygen atoms in total. The van der Waals surface area contributed by atoms with E-state index >= 15 is 0 Å². The van der Waals surface area contributed by atoms with Crippen LogP contribution in [0.1, 0.15) is 37.3 Å². The number of nitrogens with zero attached hydrogens (tertiary/aromatic N) is 3. The zero-order valence-corrected chi connectivity index (χ0v) is 14.7. The van der Waals surface area contributed by atoms with Gasteiger partial charge < -0.3 is 24.0 Å². The van der Waals surface area contributed by atoms with Crippen molar-refractivity contribution in [2.75, 3.05) is 36.1 Å². The Kier molecular flexibility index (Phi) is 4.25. The number of ether oxygens (including phenoxy) is 1. The van der Waals surface area contributed by atoms with Crippen LogP contribution in [0.3, 0.4) is 0 Å². The lowest BCUT2D eigenvalue weighted by Crippen LogP contribution is -2.44. The zero-order chi connectivity index (χ0) is 17.4. The van der Waals surface area contributed by atoms with E-state index in [0.29, 0.717) is 13.2 Å². The lowest BCUT2D eigenvalue weighted by molar-refractivity contribution is 0.0989. The Balaban J connectivity index is 1.66. The number of anilines is 2. The second-order valence-electron chi connectivity index (χ2n) is 6.92. The number of morpholine rings is 1. The first-order valence-electron chi connectivity index (χ1n) is 8.90. The molecule has 0 radical (unpaired) electrons. The van der Waals surface area contributed by atoms with Crippen LogP contribution in [0, 0.1) is 6.92 Å². The molecule has 2 aromatic rings. The Morgan fingerprint density at radius 3 is 2.88 bits per heavy atom. The van der Waals surface area contributed by atoms with Crippen molar-refractivity contribution >= 4 is 11.5 Å². The molecule has 7 heteroatoms. The standard InChI is InChI=1S/C18H24N4O3/c1-12-11-24-7-6-21(12)14-9-17(19-18(23)10-14)22-5-3-4-16(22)15-8-13(2)25-20-15/h8-10,12,16H,3-7,11H2,1-2H3,(H,19,23)/t12-,16-/m1/s1. The maximum atomic E-state index is 12.3. The van der Waals surface area contributed by atoms with Crippen molar-refractivity contribution in [2.45, 2.75) is 38.8 Å². The molecule has 0 saturated carbocycles. The molecule has 0 spiro atoms. The van der Waals surface area contributed by atoms with Crippen LogP contribution in [0.5, 0.6) is 0 Å². The second-order valence-corrected chi connectivity index (χ2v) is 6.92. The summed E-state index contributed by atoms with van der Waals surface area (Å²) in [6.07, 6.45) is 2.07. The van der Waals surface area contributed by atoms with Gasteiger partial charge in [-0.25, -0.2) is 0 Å². The zero-order valence-electron chi connectivity index (χ0n) is 14.7. The van der Waals surface area contributed by atoms with Crippen LogP contribution in [-0.4, -0.2) is 42.5 Å². The van der Waals surface area contributed by atoms with E-state index in [0.717, 1.165) is 48.9 Å². The first-order valence-corrected chi connectivity index (χ1v) is 8.90. The largest absolute Gasteiger partial charge is 0.377 e. The number of H-pyrrole nitrogens is 1. The molecule has 0 bridgehead atoms. The molecule has 2 aliphatic heterocycles. The normalized spacial score (nSPS) is 24.1. The first-order chi connectivity index (χ1) is 12.1. The average Bonchev–Trinajstić information content (AvgIpc) is 3.23. The Morgan fingerprint density at radius 2 is 2.12 bits per heavy atom. The number of pyridine rings is 1. The van der Waals surface area contributed by atoms with Gasteiger partial charge in [-0.2, -0.15) is 0 Å². The van der Waals surface area contributed by atoms with Crippen LogP contribution >= 0.6 is 0 Å². The fourth-order valence-electron chi connectivity index (χ4n) is 3.85. The van der Waals surface area contributed by atoms with Crippen molar-refractivity contribution in [3.8, 4) is 0 Å². The highest BCUT2D eigenvalue weighted by Crippen LogP contribution is 2.35. The molecule has 0 aromatic carbocycles. The highest BCUT2D eigenvalue weighted by Gasteiger charge is 2.30. The fourth-order valence-corrected chi connectivity index (χ4v) is 3.85. The Labute approximate surface area is 146 Å². The number of rotatable bonds is 3. The van der Waals surface area contributed by atoms with Crippen molar-refractivity contribution in [2.24, 2.45) is 0 Å². The minimum absolute atomic E-state index is 0.0758. The van der Waals surface area contributed by atoms with E-state index in [1.54, 1.807) is 6.07 Å². The molecule has 2 atom stereocenters. The van der Waals surface area contributed by atoms with Crippen LogP contribution in [0.15, 0.2) is 27.5 Å². The van der Waals surface area contributed by atoms with Gasteiger partial charge >= 0.3 is 0 Å². The van der Waals surface area contributed by atoms with E-state index in [1.165, 1.54) is 0 Å². The van der Waals surface area contributed by atoms with E-state index in [9.17, 15) is 4.79 Å². The molecule has 0 amide bonds. The summed E-state index contributed by atoms with van der Waals surface area (Å²) in [4.78, 5) is 19.8. The molecule has 2 aromatic heterocycles. The third-order valence-electron chi connectivity index (χ3n) is 5.06. The molecule has 2 aliphatic rings. The van der Waals surface area contributed by atoms with Crippen LogP contribution in [-0.2, 0) is 4.74 Å². The summed E-state index contributed by atoms with van der Waals surface area (Å²) in [5.74, 6) is 1.66. The van der Waals surface area contributed by atoms with Crippen molar-refractivity contribution in [1.29, 1.82) is 0 Å². The Hall–Kier alpha value is -2.28. The quantitative estimate of drug-likeness (QED) is 0.920. The molecule has 25 heavy (non-hydrogen) atoms. The van der Waals surface area contributed by atoms with E-state index in [4.69, 9.17) is 9.26 Å². The number of hydrogen-bond donors (Lipinski definition) is 1. The van der Waals surface area contributed by atoms with Gasteiger partial charge in [-0.1, -0.05) is 5.16 Å². The predicted molar refractivity (Wildman–Crippen MR) is 95.3 cm³/mol. The smallest absolute Gasteiger partial charge is 0.251 e. The maximum Gasteiger partial charge on any atom is 0.251 e. The van der Waals surface area contributed by atoms with Gasteiger partial charge in [0.05, 0.1) is 19.3 Å². The maximum absolute atomic E-state index is 12.3. The van der Waals surface area contributed by atoms with Crippen molar-refractivity contribution < 1.29 is 9.26 Å². The fraction of sp³-hybridized carbons (Fsp3) is 0.556. The molecule has 0 unspecified atom stereocenters. The van der Waals surface area contributed by atoms with E-state index in [2.05, 4.69) is 32.9 Å². The minimum Gasteiger partial charge on any atom is -0.377 e. The van der Waals surface area contributed by atoms with Crippen LogP contribution in [0.2, 0.25) is 0 Å². The number of aromatic nitrogens is 2. The SMILES string of the molecule is Cc1cc([C@H]2CCCN2c2cc(N3CCOC[C@H]3C)cc(=O)[nH]2)no1. The molecule has 4 rings (SSSR count). The van der Waals surface area contributed by atoms with Gasteiger partial charge in [0, 0.05) is 43.0 Å². The van der Waals surface area contributed by atoms with Gasteiger partial charge in [0.2, 0.25) is 0 Å². The monoisotopic (exact) mass is 344 g/mol. The number of aryl methyl sites for hydroxylation is 1. The molecular weight excluding hydrogens is 320 g/mol. The molecule has 2 fully saturated rings. The molecule has 4 heterocycles. The summed E-state index contributed by atoms with van der Waals surface area (Å²) in [5, 5.41) is 4.18. The van der Waals surface area contributed by atoms with Gasteiger partial charge in [0.25, 0.3) is 5.56 Å². The van der Waals surface area contributed by atoms with Crippen molar-refractivity contribution in [1.82, 2.24) is 10.1 Å². The van der Waals surface area contributed by atoms with Crippen molar-refractivity contribution in [3.05, 3.63) is 40.0 Å². The third-order valence-corrected chi connectivity index (χ3v) is 5.06. The highest BCUT2D eigenvalue weighted by molar-refractivity contribution is 5.57. The molecule has 134 valence electrons. The number of aromatic amines is 1. The summed E-state index contributed by atoms with van der Waals surface area (Å²) in [6.45, 7) is 7.10. The Bertz CT molecular complexity index is 800. The lowest BCUT2D eigenvalue weighted by Gasteiger charge is -2.35. The summed E-state index contributed by atoms with van der Waals surface area (Å²) in [6, 6.07) is 6.14. The van der Waals surface area contributed by atoms with Crippen LogP contribution < -0.4 is 15.4 Å². The highest BCUT2D eigenvalue weighted by atomic mass is 16.5. The lowest BCUT2D eigenvalue weighted by atomic mass is 10.1. The molecule has 2 saturated heterocycles. The van der Waals surface area contributed by atoms with E-state index < -0.39 is 0 Å². The summed E-state index contributed by atoms with van der Waals surface area (Å²) < 4.78 is 10.8. The predicted octanol–water partition coefficient (Wildman–Crippen LogP) is 2.24. The summed E-state index contributed by atoms with van der Waals surface area (Å²) in [5.41, 5.74) is 1.81. The first kappa shape index (κ1) is 16.2. The van der Waals surface area contributed by atoms with Crippen molar-refractivity contribution in [3.63, 3.8) is 0 Å². The third kappa shape index (κ3) is 3.16. The molecular formula is C18H24N4O3. The number of hydrogen-bond acceptors (Lipinski definition) is 6. The topological polar surface area (TPSA) is 74.6 Å². The van der Waals surface area contributed by atoms with E-state index in [1.807, 2.05) is 13.0 Å². The summed E-state index contributed by atoms with van der Waals surface area (Å²) >= 11 is 0. The van der Waals surface area contributed by atoms with Gasteiger partial charge in [0.1, 0.15) is 17.3 Å². The Morgan fingerprint density at radius 1 is 1.24 bits per heavy atom. The van der Waals surface area contributed by atoms with Gasteiger partial charge in [-0.3, -0.25) is 4.79 Å². The molecule has 0 aliphatic carbocycles. The molecule has 1 N–H and O–H groups in total. The van der Waals surface area contributed by atoms with Gasteiger partial charge in [-0.15, -0.1) is 0 Å². The number of nitrogens with one attached hydrogen (secondary N) is 1. The summed E-state index contributed by atoms with van der Waals surface area (Å²) in [7, 11) is 0. The minimum atomic E-state index is -0.0758. The average molecular weight is 344 g/mol. The van der Waals surface area contributed by atoms with E-state index in [-0.39, 0.29) is 17.6 Å². The van der Waals surface area contributed by atoms with Crippen LogP contribution in [0.4, 0.5) is 11.5 Å². The van der Waals surface area contributed by atoms with Gasteiger partial charge in [-0.05, 0) is 26.7 Å². The van der Waals surface area contributed by atoms with Crippen LogP contribution in [0.25, 0.3) is 0 Å². The second kappa shape index (κ2) is 6.55. The van der Waals surface area contributed by atoms with Gasteiger partial charge in [0.15, 0.2) is 0 Å².